The molecule has 2 aromatic heterocycles. The fourth-order valence-electron chi connectivity index (χ4n) is 3.08. The van der Waals surface area contributed by atoms with Gasteiger partial charge in [-0.1, -0.05) is 12.1 Å². The number of benzene rings is 2. The van der Waals surface area contributed by atoms with Gasteiger partial charge < -0.3 is 20.2 Å². The van der Waals surface area contributed by atoms with E-state index in [2.05, 4.69) is 9.97 Å². The first-order valence-electron chi connectivity index (χ1n) is 7.49. The second-order valence-corrected chi connectivity index (χ2v) is 5.78. The van der Waals surface area contributed by atoms with Crippen molar-refractivity contribution in [3.8, 4) is 0 Å². The van der Waals surface area contributed by atoms with Crippen LogP contribution in [0.25, 0.3) is 32.6 Å². The zero-order chi connectivity index (χ0) is 18.6. The van der Waals surface area contributed by atoms with Crippen LogP contribution < -0.4 is 10.9 Å². The number of carboxylic acid groups (broad SMARTS) is 2. The molecule has 8 heteroatoms. The van der Waals surface area contributed by atoms with Crippen LogP contribution in [0.4, 0.5) is 0 Å². The van der Waals surface area contributed by atoms with Crippen LogP contribution in [-0.4, -0.2) is 32.1 Å². The Morgan fingerprint density at radius 2 is 1.15 bits per heavy atom. The molecule has 2 heterocycles. The molecule has 0 bridgehead atoms. The molecule has 0 spiro atoms. The number of H-pyrrole nitrogens is 2. The lowest BCUT2D eigenvalue weighted by Gasteiger charge is -2.09. The van der Waals surface area contributed by atoms with Crippen LogP contribution in [-0.2, 0) is 0 Å². The van der Waals surface area contributed by atoms with Gasteiger partial charge >= 0.3 is 11.9 Å². The summed E-state index contributed by atoms with van der Waals surface area (Å²) in [5, 5.41) is 19.9. The van der Waals surface area contributed by atoms with Gasteiger partial charge in [0.25, 0.3) is 0 Å². The zero-order valence-electron chi connectivity index (χ0n) is 13.0. The summed E-state index contributed by atoms with van der Waals surface area (Å²) in [6.07, 6.45) is 0. The van der Waals surface area contributed by atoms with E-state index in [4.69, 9.17) is 0 Å². The van der Waals surface area contributed by atoms with Gasteiger partial charge in [0.2, 0.25) is 0 Å². The molecule has 26 heavy (non-hydrogen) atoms. The molecule has 4 rings (SSSR count). The number of nitrogens with one attached hydrogen (secondary N) is 2. The molecule has 0 atom stereocenters. The number of hydrogen-bond donors (Lipinski definition) is 4. The van der Waals surface area contributed by atoms with E-state index in [0.29, 0.717) is 10.8 Å². The van der Waals surface area contributed by atoms with Crippen molar-refractivity contribution in [2.45, 2.75) is 0 Å². The highest BCUT2D eigenvalue weighted by atomic mass is 16.4. The SMILES string of the molecule is O=C(O)c1cc(=O)c2ccc3ccc4c(=O)cc(C(=O)O)[nH]c4c3c2[nH]1. The summed E-state index contributed by atoms with van der Waals surface area (Å²) < 4.78 is 0. The predicted molar refractivity (Wildman–Crippen MR) is 94.1 cm³/mol. The third kappa shape index (κ3) is 2.16. The summed E-state index contributed by atoms with van der Waals surface area (Å²) in [5.41, 5.74) is -1.15. The van der Waals surface area contributed by atoms with Gasteiger partial charge in [0.05, 0.1) is 11.0 Å². The third-order valence-corrected chi connectivity index (χ3v) is 4.25. The van der Waals surface area contributed by atoms with Gasteiger partial charge in [0.1, 0.15) is 11.4 Å². The minimum absolute atomic E-state index is 0.219. The summed E-state index contributed by atoms with van der Waals surface area (Å²) in [6.45, 7) is 0. The van der Waals surface area contributed by atoms with Gasteiger partial charge in [-0.3, -0.25) is 9.59 Å². The van der Waals surface area contributed by atoms with Crippen LogP contribution in [0, 0.1) is 0 Å². The molecule has 0 radical (unpaired) electrons. The molecule has 8 nitrogen and oxygen atoms in total. The Balaban J connectivity index is 2.33. The molecule has 0 aliphatic heterocycles. The summed E-state index contributed by atoms with van der Waals surface area (Å²) in [4.78, 5) is 52.5. The highest BCUT2D eigenvalue weighted by Crippen LogP contribution is 2.28. The first kappa shape index (κ1) is 15.6. The summed E-state index contributed by atoms with van der Waals surface area (Å²) in [6, 6.07) is 8.36. The van der Waals surface area contributed by atoms with E-state index in [1.165, 1.54) is 0 Å². The van der Waals surface area contributed by atoms with Gasteiger partial charge in [-0.25, -0.2) is 9.59 Å². The zero-order valence-corrected chi connectivity index (χ0v) is 13.0. The standard InChI is InChI=1S/C18H10N2O6/c21-12-5-10(17(23)24)19-15-8(12)3-1-7-2-4-9-13(22)6-11(18(25)26)20-16(9)14(7)15/h1-6H,(H,19,21)(H,20,22)(H,23,24)(H,25,26). The van der Waals surface area contributed by atoms with Crippen molar-refractivity contribution in [1.82, 2.24) is 9.97 Å². The van der Waals surface area contributed by atoms with E-state index in [-0.39, 0.29) is 33.2 Å². The van der Waals surface area contributed by atoms with Crippen molar-refractivity contribution < 1.29 is 19.8 Å². The van der Waals surface area contributed by atoms with Crippen LogP contribution in [0.3, 0.4) is 0 Å². The Bertz CT molecular complexity index is 1280. The van der Waals surface area contributed by atoms with E-state index >= 15 is 0 Å². The van der Waals surface area contributed by atoms with Crippen molar-refractivity contribution in [3.05, 3.63) is 68.2 Å². The number of aromatic carboxylic acids is 2. The van der Waals surface area contributed by atoms with Crippen LogP contribution in [0.5, 0.6) is 0 Å². The fraction of sp³-hybridized carbons (Fsp3) is 0. The van der Waals surface area contributed by atoms with Crippen LogP contribution in [0.15, 0.2) is 46.0 Å². The normalized spacial score (nSPS) is 11.2. The van der Waals surface area contributed by atoms with Crippen molar-refractivity contribution in [3.63, 3.8) is 0 Å². The Hall–Kier alpha value is -3.94. The molecule has 4 N–H and O–H groups in total. The van der Waals surface area contributed by atoms with E-state index in [9.17, 15) is 29.4 Å². The molecule has 0 amide bonds. The Morgan fingerprint density at radius 1 is 0.731 bits per heavy atom. The third-order valence-electron chi connectivity index (χ3n) is 4.25. The van der Waals surface area contributed by atoms with E-state index in [1.54, 1.807) is 24.3 Å². The van der Waals surface area contributed by atoms with Crippen molar-refractivity contribution >= 4 is 44.5 Å². The highest BCUT2D eigenvalue weighted by molar-refractivity contribution is 6.18. The second kappa shape index (κ2) is 5.28. The Morgan fingerprint density at radius 3 is 1.54 bits per heavy atom. The van der Waals surface area contributed by atoms with Gasteiger partial charge in [0, 0.05) is 28.3 Å². The quantitative estimate of drug-likeness (QED) is 0.407. The first-order chi connectivity index (χ1) is 12.4. The number of pyridine rings is 2. The largest absolute Gasteiger partial charge is 0.477 e. The maximum atomic E-state index is 12.3. The van der Waals surface area contributed by atoms with E-state index in [1.807, 2.05) is 0 Å². The molecular weight excluding hydrogens is 340 g/mol. The lowest BCUT2D eigenvalue weighted by molar-refractivity contribution is 0.0680. The van der Waals surface area contributed by atoms with Crippen molar-refractivity contribution in [1.29, 1.82) is 0 Å². The van der Waals surface area contributed by atoms with Gasteiger partial charge in [-0.15, -0.1) is 0 Å². The van der Waals surface area contributed by atoms with Crippen LogP contribution >= 0.6 is 0 Å². The Kier molecular flexibility index (Phi) is 3.16. The molecule has 2 aromatic carbocycles. The molecule has 0 fully saturated rings. The maximum absolute atomic E-state index is 12.3. The number of hydrogen-bond acceptors (Lipinski definition) is 4. The Labute approximate surface area is 143 Å². The molecule has 0 unspecified atom stereocenters. The second-order valence-electron chi connectivity index (χ2n) is 5.78. The first-order valence-corrected chi connectivity index (χ1v) is 7.49. The van der Waals surface area contributed by atoms with Gasteiger partial charge in [0.15, 0.2) is 10.9 Å². The topological polar surface area (TPSA) is 140 Å². The average Bonchev–Trinajstić information content (AvgIpc) is 2.60. The minimum atomic E-state index is -1.30. The predicted octanol–water partition coefficient (Wildman–Crippen LogP) is 1.92. The van der Waals surface area contributed by atoms with Crippen LogP contribution in [0.2, 0.25) is 0 Å². The monoisotopic (exact) mass is 350 g/mol. The fourth-order valence-corrected chi connectivity index (χ4v) is 3.08. The van der Waals surface area contributed by atoms with E-state index in [0.717, 1.165) is 12.1 Å². The number of carboxylic acids is 2. The summed E-state index contributed by atoms with van der Waals surface area (Å²) in [5.74, 6) is -2.61. The number of aromatic nitrogens is 2. The minimum Gasteiger partial charge on any atom is -0.477 e. The van der Waals surface area contributed by atoms with Gasteiger partial charge in [-0.05, 0) is 17.5 Å². The molecule has 128 valence electrons. The number of fused-ring (bicyclic) bond motifs is 5. The average molecular weight is 350 g/mol. The van der Waals surface area contributed by atoms with Crippen molar-refractivity contribution in [2.24, 2.45) is 0 Å². The molecule has 0 aliphatic rings. The van der Waals surface area contributed by atoms with Crippen LogP contribution in [0.1, 0.15) is 21.0 Å². The number of aromatic amines is 2. The number of rotatable bonds is 2. The molecule has 0 saturated heterocycles. The highest BCUT2D eigenvalue weighted by Gasteiger charge is 2.15. The van der Waals surface area contributed by atoms with E-state index < -0.39 is 22.8 Å². The summed E-state index contributed by atoms with van der Waals surface area (Å²) >= 11 is 0. The maximum Gasteiger partial charge on any atom is 0.352 e. The smallest absolute Gasteiger partial charge is 0.352 e. The number of carbonyl (C=O) groups is 2. The summed E-state index contributed by atoms with van der Waals surface area (Å²) in [7, 11) is 0. The molecular formula is C18H10N2O6. The van der Waals surface area contributed by atoms with Gasteiger partial charge in [-0.2, -0.15) is 0 Å². The molecule has 0 aliphatic carbocycles. The molecule has 4 aromatic rings. The lowest BCUT2D eigenvalue weighted by Crippen LogP contribution is -2.11. The van der Waals surface area contributed by atoms with Crippen molar-refractivity contribution in [2.75, 3.05) is 0 Å². The lowest BCUT2D eigenvalue weighted by atomic mass is 10.0. The molecule has 0 saturated carbocycles.